The van der Waals surface area contributed by atoms with Crippen LogP contribution in [0.25, 0.3) is 0 Å². The van der Waals surface area contributed by atoms with E-state index >= 15 is 0 Å². The molecular weight excluding hydrogens is 118 g/mol. The van der Waals surface area contributed by atoms with Crippen LogP contribution in [0.4, 0.5) is 0 Å². The molecule has 0 heterocycles. The monoisotopic (exact) mass is 127 g/mol. The predicted molar refractivity (Wildman–Crippen MR) is 36.7 cm³/mol. The molecule has 9 heavy (non-hydrogen) atoms. The van der Waals surface area contributed by atoms with Crippen molar-refractivity contribution in [3.05, 3.63) is 0 Å². The van der Waals surface area contributed by atoms with Gasteiger partial charge < -0.3 is 0 Å². The highest BCUT2D eigenvalue weighted by Gasteiger charge is 1.83. The van der Waals surface area contributed by atoms with Gasteiger partial charge in [0.05, 0.1) is 6.54 Å². The van der Waals surface area contributed by atoms with Gasteiger partial charge in [-0.2, -0.15) is 5.10 Å². The van der Waals surface area contributed by atoms with Crippen LogP contribution in [0.3, 0.4) is 0 Å². The summed E-state index contributed by atoms with van der Waals surface area (Å²) in [6.07, 6.45) is 1.33. The lowest BCUT2D eigenvalue weighted by atomic mass is 10.5. The van der Waals surface area contributed by atoms with E-state index in [0.29, 0.717) is 0 Å². The van der Waals surface area contributed by atoms with Crippen LogP contribution in [0.1, 0.15) is 6.92 Å². The molecule has 4 heteroatoms. The quantitative estimate of drug-likeness (QED) is 0.323. The molecule has 0 spiro atoms. The molecule has 0 saturated heterocycles. The van der Waals surface area contributed by atoms with E-state index in [1.807, 2.05) is 0 Å². The van der Waals surface area contributed by atoms with Crippen LogP contribution in [0, 0.1) is 0 Å². The average molecular weight is 127 g/mol. The van der Waals surface area contributed by atoms with Crippen LogP contribution in [0.5, 0.6) is 0 Å². The number of carbonyl (C=O) groups excluding carboxylic acids is 1. The maximum Gasteiger partial charge on any atom is 0.151 e. The fourth-order valence-corrected chi connectivity index (χ4v) is 0.256. The zero-order chi connectivity index (χ0) is 7.11. The van der Waals surface area contributed by atoms with Crippen LogP contribution in [0.2, 0.25) is 0 Å². The smallest absolute Gasteiger partial charge is 0.151 e. The predicted octanol–water partition coefficient (Wildman–Crippen LogP) is -0.191. The molecule has 0 fully saturated rings. The van der Waals surface area contributed by atoms with E-state index in [9.17, 15) is 4.79 Å². The van der Waals surface area contributed by atoms with Crippen molar-refractivity contribution in [1.82, 2.24) is 5.43 Å². The third kappa shape index (κ3) is 6.81. The van der Waals surface area contributed by atoms with Gasteiger partial charge in [0.15, 0.2) is 5.78 Å². The molecule has 0 rings (SSSR count). The first-order valence-corrected chi connectivity index (χ1v) is 2.46. The Kier molecular flexibility index (Phi) is 4.30. The van der Waals surface area contributed by atoms with Crippen molar-refractivity contribution in [3.8, 4) is 0 Å². The third-order valence-corrected chi connectivity index (χ3v) is 0.554. The van der Waals surface area contributed by atoms with Crippen molar-refractivity contribution in [2.45, 2.75) is 6.92 Å². The van der Waals surface area contributed by atoms with E-state index in [0.717, 1.165) is 0 Å². The zero-order valence-electron chi connectivity index (χ0n) is 5.29. The Bertz CT molecular complexity index is 130. The van der Waals surface area contributed by atoms with Gasteiger partial charge in [-0.05, 0) is 6.92 Å². The van der Waals surface area contributed by atoms with Crippen LogP contribution in [0.15, 0.2) is 10.1 Å². The first-order valence-electron chi connectivity index (χ1n) is 2.46. The molecule has 0 aliphatic heterocycles. The summed E-state index contributed by atoms with van der Waals surface area (Å²) in [4.78, 5) is 13.9. The second-order valence-electron chi connectivity index (χ2n) is 1.46. The molecule has 0 bridgehead atoms. The van der Waals surface area contributed by atoms with Gasteiger partial charge in [-0.1, -0.05) is 0 Å². The Morgan fingerprint density at radius 1 is 1.89 bits per heavy atom. The molecule has 0 amide bonds. The van der Waals surface area contributed by atoms with Gasteiger partial charge in [0.25, 0.3) is 0 Å². The molecule has 0 aromatic heterocycles. The van der Waals surface area contributed by atoms with Crippen LogP contribution >= 0.6 is 0 Å². The zero-order valence-corrected chi connectivity index (χ0v) is 5.29. The lowest BCUT2D eigenvalue weighted by Gasteiger charge is -1.85. The SMILES string of the molecule is C=NNC=NCC(C)=O. The van der Waals surface area contributed by atoms with Crippen molar-refractivity contribution in [2.75, 3.05) is 6.54 Å². The van der Waals surface area contributed by atoms with Gasteiger partial charge in [-0.3, -0.25) is 15.2 Å². The third-order valence-electron chi connectivity index (χ3n) is 0.554. The highest BCUT2D eigenvalue weighted by Crippen LogP contribution is 1.68. The number of hydrogen-bond acceptors (Lipinski definition) is 3. The normalized spacial score (nSPS) is 9.44. The molecule has 0 atom stereocenters. The molecule has 0 radical (unpaired) electrons. The number of rotatable bonds is 4. The minimum atomic E-state index is 0.0251. The summed E-state index contributed by atoms with van der Waals surface area (Å²) in [6, 6.07) is 0. The first kappa shape index (κ1) is 7.81. The maximum absolute atomic E-state index is 10.2. The van der Waals surface area contributed by atoms with E-state index in [4.69, 9.17) is 0 Å². The highest BCUT2D eigenvalue weighted by atomic mass is 16.1. The van der Waals surface area contributed by atoms with Crippen LogP contribution in [-0.2, 0) is 4.79 Å². The highest BCUT2D eigenvalue weighted by molar-refractivity contribution is 5.79. The maximum atomic E-state index is 10.2. The van der Waals surface area contributed by atoms with Crippen molar-refractivity contribution < 1.29 is 4.79 Å². The average Bonchev–Trinajstić information content (AvgIpc) is 1.80. The molecule has 50 valence electrons. The molecule has 0 aromatic carbocycles. The summed E-state index contributed by atoms with van der Waals surface area (Å²) < 4.78 is 0. The van der Waals surface area contributed by atoms with Gasteiger partial charge in [-0.25, -0.2) is 0 Å². The van der Waals surface area contributed by atoms with Crippen molar-refractivity contribution in [1.29, 1.82) is 0 Å². The van der Waals surface area contributed by atoms with E-state index < -0.39 is 0 Å². The number of hydrogen-bond donors (Lipinski definition) is 1. The number of carbonyl (C=O) groups is 1. The van der Waals surface area contributed by atoms with Gasteiger partial charge >= 0.3 is 0 Å². The molecule has 0 unspecified atom stereocenters. The summed E-state index contributed by atoms with van der Waals surface area (Å²) in [6.45, 7) is 4.81. The Hall–Kier alpha value is -1.19. The first-order chi connectivity index (χ1) is 4.27. The Morgan fingerprint density at radius 2 is 2.56 bits per heavy atom. The number of Topliss-reactive ketones (excluding diaryl/α,β-unsaturated/α-hetero) is 1. The molecular formula is C5H9N3O. The van der Waals surface area contributed by atoms with Crippen molar-refractivity contribution in [2.24, 2.45) is 10.1 Å². The van der Waals surface area contributed by atoms with E-state index in [-0.39, 0.29) is 12.3 Å². The van der Waals surface area contributed by atoms with E-state index in [1.54, 1.807) is 0 Å². The Morgan fingerprint density at radius 3 is 3.00 bits per heavy atom. The van der Waals surface area contributed by atoms with Gasteiger partial charge in [0.1, 0.15) is 6.34 Å². The van der Waals surface area contributed by atoms with Gasteiger partial charge in [-0.15, -0.1) is 0 Å². The van der Waals surface area contributed by atoms with Gasteiger partial charge in [0.2, 0.25) is 0 Å². The summed E-state index contributed by atoms with van der Waals surface area (Å²) in [5, 5.41) is 3.27. The summed E-state index contributed by atoms with van der Waals surface area (Å²) >= 11 is 0. The molecule has 4 nitrogen and oxygen atoms in total. The number of ketones is 1. The second-order valence-corrected chi connectivity index (χ2v) is 1.46. The van der Waals surface area contributed by atoms with Crippen molar-refractivity contribution in [3.63, 3.8) is 0 Å². The van der Waals surface area contributed by atoms with E-state index in [2.05, 4.69) is 22.2 Å². The lowest BCUT2D eigenvalue weighted by molar-refractivity contribution is -0.115. The molecule has 1 N–H and O–H groups in total. The molecule has 0 aliphatic carbocycles. The minimum absolute atomic E-state index is 0.0251. The van der Waals surface area contributed by atoms with Crippen LogP contribution in [-0.4, -0.2) is 25.4 Å². The molecule has 0 aromatic rings. The number of hydrazone groups is 1. The van der Waals surface area contributed by atoms with Gasteiger partial charge in [0, 0.05) is 6.72 Å². The van der Waals surface area contributed by atoms with Crippen molar-refractivity contribution >= 4 is 18.8 Å². The fourth-order valence-electron chi connectivity index (χ4n) is 0.256. The van der Waals surface area contributed by atoms with Crippen LogP contribution < -0.4 is 5.43 Å². The summed E-state index contributed by atoms with van der Waals surface area (Å²) in [5.74, 6) is 0.0251. The largest absolute Gasteiger partial charge is 0.298 e. The lowest BCUT2D eigenvalue weighted by Crippen LogP contribution is -2.02. The van der Waals surface area contributed by atoms with E-state index in [1.165, 1.54) is 13.3 Å². The number of nitrogens with zero attached hydrogens (tertiary/aromatic N) is 2. The summed E-state index contributed by atoms with van der Waals surface area (Å²) in [7, 11) is 0. The molecule has 0 aliphatic rings. The second kappa shape index (κ2) is 4.96. The number of aliphatic imine (C=N–C) groups is 1. The number of nitrogens with one attached hydrogen (secondary N) is 1. The standard InChI is InChI=1S/C5H9N3O/c1-5(9)3-7-4-8-6-2/h4H,2-3H2,1H3,(H,7,8). The summed E-state index contributed by atoms with van der Waals surface area (Å²) in [5.41, 5.74) is 2.37. The Balaban J connectivity index is 3.24. The Labute approximate surface area is 53.7 Å². The fraction of sp³-hybridized carbons (Fsp3) is 0.400. The minimum Gasteiger partial charge on any atom is -0.298 e. The molecule has 0 saturated carbocycles. The topological polar surface area (TPSA) is 53.8 Å².